The lowest BCUT2D eigenvalue weighted by Gasteiger charge is -2.13. The molecule has 0 fully saturated rings. The van der Waals surface area contributed by atoms with Crippen molar-refractivity contribution in [1.82, 2.24) is 14.9 Å². The number of hydrogen-bond acceptors (Lipinski definition) is 4. The third-order valence-corrected chi connectivity index (χ3v) is 1.74. The minimum Gasteiger partial charge on any atom is -0.480 e. The zero-order chi connectivity index (χ0) is 11.4. The van der Waals surface area contributed by atoms with Gasteiger partial charge in [0.25, 0.3) is 5.91 Å². The van der Waals surface area contributed by atoms with Crippen molar-refractivity contribution in [1.29, 1.82) is 0 Å². The zero-order valence-electron chi connectivity index (χ0n) is 8.47. The maximum Gasteiger partial charge on any atom is 0.323 e. The van der Waals surface area contributed by atoms with Gasteiger partial charge in [0.05, 0.1) is 0 Å². The van der Waals surface area contributed by atoms with Gasteiger partial charge in [0.15, 0.2) is 0 Å². The summed E-state index contributed by atoms with van der Waals surface area (Å²) in [4.78, 5) is 30.7. The Balaban J connectivity index is 2.80. The van der Waals surface area contributed by atoms with E-state index in [1.165, 1.54) is 19.4 Å². The number of carbonyl (C=O) groups excluding carboxylic acids is 1. The van der Waals surface area contributed by atoms with Crippen molar-refractivity contribution < 1.29 is 14.7 Å². The number of amides is 1. The minimum absolute atomic E-state index is 0.200. The molecule has 0 spiro atoms. The van der Waals surface area contributed by atoms with Crippen LogP contribution in [-0.4, -0.2) is 45.4 Å². The number of likely N-dealkylation sites (N-methyl/N-ethyl adjacent to an activating group) is 1. The molecule has 1 heterocycles. The van der Waals surface area contributed by atoms with E-state index in [9.17, 15) is 9.59 Å². The first-order valence-electron chi connectivity index (χ1n) is 4.26. The van der Waals surface area contributed by atoms with E-state index in [4.69, 9.17) is 5.11 Å². The molecule has 1 rings (SSSR count). The van der Waals surface area contributed by atoms with E-state index in [0.29, 0.717) is 5.69 Å². The summed E-state index contributed by atoms with van der Waals surface area (Å²) < 4.78 is 0. The highest BCUT2D eigenvalue weighted by atomic mass is 16.4. The fourth-order valence-corrected chi connectivity index (χ4v) is 1.04. The molecule has 1 aromatic rings. The van der Waals surface area contributed by atoms with E-state index < -0.39 is 11.9 Å². The number of carboxylic acid groups (broad SMARTS) is 1. The van der Waals surface area contributed by atoms with Crippen LogP contribution in [0.3, 0.4) is 0 Å². The van der Waals surface area contributed by atoms with Gasteiger partial charge in [-0.1, -0.05) is 0 Å². The first-order valence-corrected chi connectivity index (χ1v) is 4.26. The second-order valence-electron chi connectivity index (χ2n) is 3.10. The Bertz CT molecular complexity index is 392. The minimum atomic E-state index is -1.06. The van der Waals surface area contributed by atoms with Crippen molar-refractivity contribution in [2.45, 2.75) is 6.92 Å². The quantitative estimate of drug-likeness (QED) is 0.754. The molecule has 0 unspecified atom stereocenters. The van der Waals surface area contributed by atoms with Gasteiger partial charge >= 0.3 is 5.97 Å². The first-order chi connectivity index (χ1) is 7.00. The monoisotopic (exact) mass is 209 g/mol. The number of aliphatic carboxylic acids is 1. The van der Waals surface area contributed by atoms with Crippen LogP contribution in [0, 0.1) is 6.92 Å². The van der Waals surface area contributed by atoms with Gasteiger partial charge in [-0.2, -0.15) is 0 Å². The van der Waals surface area contributed by atoms with Crippen LogP contribution in [-0.2, 0) is 4.79 Å². The molecule has 1 aromatic heterocycles. The van der Waals surface area contributed by atoms with Gasteiger partial charge in [-0.25, -0.2) is 9.97 Å². The molecule has 1 amide bonds. The molecular formula is C9H11N3O3. The number of hydrogen-bond donors (Lipinski definition) is 1. The van der Waals surface area contributed by atoms with E-state index in [1.807, 2.05) is 0 Å². The average Bonchev–Trinajstić information content (AvgIpc) is 2.15. The molecule has 0 aliphatic heterocycles. The molecule has 6 nitrogen and oxygen atoms in total. The second kappa shape index (κ2) is 4.50. The summed E-state index contributed by atoms with van der Waals surface area (Å²) in [6.07, 6.45) is 1.27. The molecule has 0 saturated carbocycles. The van der Waals surface area contributed by atoms with E-state index in [0.717, 1.165) is 4.90 Å². The van der Waals surface area contributed by atoms with Gasteiger partial charge < -0.3 is 10.0 Å². The number of aryl methyl sites for hydroxylation is 1. The normalized spacial score (nSPS) is 9.73. The maximum atomic E-state index is 11.6. The topological polar surface area (TPSA) is 83.4 Å². The molecule has 0 aliphatic carbocycles. The Morgan fingerprint density at radius 1 is 1.47 bits per heavy atom. The van der Waals surface area contributed by atoms with E-state index >= 15 is 0 Å². The van der Waals surface area contributed by atoms with Crippen LogP contribution >= 0.6 is 0 Å². The summed E-state index contributed by atoms with van der Waals surface area (Å²) in [5.74, 6) is -1.49. The van der Waals surface area contributed by atoms with Gasteiger partial charge in [0.1, 0.15) is 18.6 Å². The predicted octanol–water partition coefficient (Wildman–Crippen LogP) is -0.0584. The second-order valence-corrected chi connectivity index (χ2v) is 3.10. The number of carbonyl (C=O) groups is 2. The number of nitrogens with zero attached hydrogens (tertiary/aromatic N) is 3. The summed E-state index contributed by atoms with van der Waals surface area (Å²) in [7, 11) is 1.41. The Morgan fingerprint density at radius 2 is 2.13 bits per heavy atom. The van der Waals surface area contributed by atoms with Crippen LogP contribution in [0.1, 0.15) is 16.2 Å². The zero-order valence-corrected chi connectivity index (χ0v) is 8.47. The van der Waals surface area contributed by atoms with Crippen LogP contribution in [0.4, 0.5) is 0 Å². The van der Waals surface area contributed by atoms with Crippen molar-refractivity contribution >= 4 is 11.9 Å². The molecule has 0 aliphatic rings. The number of carboxylic acids is 1. The van der Waals surface area contributed by atoms with Crippen molar-refractivity contribution in [3.63, 3.8) is 0 Å². The Hall–Kier alpha value is -1.98. The maximum absolute atomic E-state index is 11.6. The fourth-order valence-electron chi connectivity index (χ4n) is 1.04. The van der Waals surface area contributed by atoms with Crippen LogP contribution in [0.15, 0.2) is 12.4 Å². The summed E-state index contributed by atoms with van der Waals surface area (Å²) >= 11 is 0. The number of rotatable bonds is 3. The van der Waals surface area contributed by atoms with E-state index in [2.05, 4.69) is 9.97 Å². The molecule has 1 N–H and O–H groups in total. The van der Waals surface area contributed by atoms with Crippen LogP contribution in [0.25, 0.3) is 0 Å². The lowest BCUT2D eigenvalue weighted by atomic mass is 10.3. The van der Waals surface area contributed by atoms with Crippen molar-refractivity contribution in [2.24, 2.45) is 0 Å². The molecule has 6 heteroatoms. The summed E-state index contributed by atoms with van der Waals surface area (Å²) in [6.45, 7) is 1.39. The molecule has 15 heavy (non-hydrogen) atoms. The van der Waals surface area contributed by atoms with Gasteiger partial charge in [0.2, 0.25) is 0 Å². The third-order valence-electron chi connectivity index (χ3n) is 1.74. The van der Waals surface area contributed by atoms with Gasteiger partial charge in [-0.3, -0.25) is 9.59 Å². The SMILES string of the molecule is Cc1cc(C(=O)N(C)CC(=O)O)ncn1. The molecule has 0 atom stereocenters. The molecule has 0 radical (unpaired) electrons. The standard InChI is InChI=1S/C9H11N3O3/c1-6-3-7(11-5-10-6)9(15)12(2)4-8(13)14/h3,5H,4H2,1-2H3,(H,13,14). The lowest BCUT2D eigenvalue weighted by Crippen LogP contribution is -2.32. The van der Waals surface area contributed by atoms with Crippen LogP contribution in [0.2, 0.25) is 0 Å². The summed E-state index contributed by atoms with van der Waals surface area (Å²) in [6, 6.07) is 1.51. The lowest BCUT2D eigenvalue weighted by molar-refractivity contribution is -0.137. The summed E-state index contributed by atoms with van der Waals surface area (Å²) in [5, 5.41) is 8.51. The van der Waals surface area contributed by atoms with E-state index in [-0.39, 0.29) is 12.2 Å². The van der Waals surface area contributed by atoms with Crippen molar-refractivity contribution in [2.75, 3.05) is 13.6 Å². The highest BCUT2D eigenvalue weighted by Gasteiger charge is 2.15. The predicted molar refractivity (Wildman–Crippen MR) is 51.4 cm³/mol. The highest BCUT2D eigenvalue weighted by molar-refractivity contribution is 5.93. The highest BCUT2D eigenvalue weighted by Crippen LogP contribution is 2.00. The van der Waals surface area contributed by atoms with Gasteiger partial charge in [0, 0.05) is 12.7 Å². The van der Waals surface area contributed by atoms with Crippen LogP contribution in [0.5, 0.6) is 0 Å². The Morgan fingerprint density at radius 3 is 2.67 bits per heavy atom. The first kappa shape index (κ1) is 11.1. The smallest absolute Gasteiger partial charge is 0.323 e. The molecule has 0 aromatic carbocycles. The molecular weight excluding hydrogens is 198 g/mol. The van der Waals surface area contributed by atoms with Gasteiger partial charge in [-0.05, 0) is 13.0 Å². The van der Waals surface area contributed by atoms with E-state index in [1.54, 1.807) is 6.92 Å². The van der Waals surface area contributed by atoms with Crippen molar-refractivity contribution in [3.8, 4) is 0 Å². The largest absolute Gasteiger partial charge is 0.480 e. The number of aromatic nitrogens is 2. The summed E-state index contributed by atoms with van der Waals surface area (Å²) in [5.41, 5.74) is 0.864. The third kappa shape index (κ3) is 3.01. The van der Waals surface area contributed by atoms with Crippen molar-refractivity contribution in [3.05, 3.63) is 23.8 Å². The van der Waals surface area contributed by atoms with Gasteiger partial charge in [-0.15, -0.1) is 0 Å². The molecule has 0 saturated heterocycles. The Labute approximate surface area is 86.6 Å². The molecule has 80 valence electrons. The van der Waals surface area contributed by atoms with Crippen LogP contribution < -0.4 is 0 Å². The Kier molecular flexibility index (Phi) is 3.33. The molecule has 0 bridgehead atoms. The fraction of sp³-hybridized carbons (Fsp3) is 0.333. The average molecular weight is 209 g/mol.